The number of rotatable bonds is 5. The molecule has 2 heterocycles. The van der Waals surface area contributed by atoms with Crippen LogP contribution in [0.2, 0.25) is 0 Å². The molecule has 0 saturated carbocycles. The van der Waals surface area contributed by atoms with Crippen molar-refractivity contribution in [1.82, 2.24) is 15.5 Å². The average molecular weight is 253 g/mol. The number of nitrogens with one attached hydrogen (secondary N) is 2. The molecule has 0 bridgehead atoms. The van der Waals surface area contributed by atoms with Crippen molar-refractivity contribution >= 4 is 29.0 Å². The van der Waals surface area contributed by atoms with Crippen molar-refractivity contribution in [3.63, 3.8) is 0 Å². The lowest BCUT2D eigenvalue weighted by molar-refractivity contribution is -0.118. The molecule has 2 aromatic heterocycles. The molecule has 0 radical (unpaired) electrons. The van der Waals surface area contributed by atoms with Crippen LogP contribution < -0.4 is 5.32 Å². The number of carbonyl (C=O) groups excluding carboxylic acids is 1. The molecule has 0 unspecified atom stereocenters. The quantitative estimate of drug-likeness (QED) is 0.800. The maximum atomic E-state index is 11.5. The number of aromatic nitrogens is 2. The van der Waals surface area contributed by atoms with E-state index in [1.165, 1.54) is 0 Å². The molecule has 1 amide bonds. The fourth-order valence-corrected chi connectivity index (χ4v) is 2.72. The topological polar surface area (TPSA) is 57.8 Å². The van der Waals surface area contributed by atoms with Crippen molar-refractivity contribution in [2.75, 3.05) is 5.75 Å². The van der Waals surface area contributed by atoms with Gasteiger partial charge in [-0.2, -0.15) is 5.10 Å². The Morgan fingerprint density at radius 3 is 3.19 bits per heavy atom. The predicted molar refractivity (Wildman–Crippen MR) is 65.5 cm³/mol. The van der Waals surface area contributed by atoms with E-state index in [2.05, 4.69) is 15.5 Å². The van der Waals surface area contributed by atoms with E-state index in [-0.39, 0.29) is 5.91 Å². The number of hydrogen-bond donors (Lipinski definition) is 2. The summed E-state index contributed by atoms with van der Waals surface area (Å²) in [5, 5.41) is 11.4. The van der Waals surface area contributed by atoms with E-state index in [0.717, 1.165) is 9.90 Å². The van der Waals surface area contributed by atoms with E-state index in [1.807, 2.05) is 23.6 Å². The third-order valence-electron chi connectivity index (χ3n) is 1.88. The average Bonchev–Trinajstić information content (AvgIpc) is 2.96. The van der Waals surface area contributed by atoms with Crippen LogP contribution in [0.25, 0.3) is 0 Å². The van der Waals surface area contributed by atoms with Gasteiger partial charge in [0.2, 0.25) is 5.91 Å². The largest absolute Gasteiger partial charge is 0.350 e. The number of carbonyl (C=O) groups is 1. The van der Waals surface area contributed by atoms with E-state index in [1.54, 1.807) is 29.3 Å². The molecule has 2 rings (SSSR count). The summed E-state index contributed by atoms with van der Waals surface area (Å²) >= 11 is 3.20. The van der Waals surface area contributed by atoms with Crippen molar-refractivity contribution in [3.05, 3.63) is 35.5 Å². The molecule has 0 saturated heterocycles. The zero-order valence-corrected chi connectivity index (χ0v) is 10.1. The van der Waals surface area contributed by atoms with Gasteiger partial charge in [0.1, 0.15) is 0 Å². The Morgan fingerprint density at radius 2 is 2.50 bits per heavy atom. The minimum Gasteiger partial charge on any atom is -0.350 e. The SMILES string of the molecule is O=C(CSc1cccs1)NCc1ccn[nH]1. The van der Waals surface area contributed by atoms with Gasteiger partial charge in [-0.1, -0.05) is 6.07 Å². The fraction of sp³-hybridized carbons (Fsp3) is 0.200. The number of nitrogens with zero attached hydrogens (tertiary/aromatic N) is 1. The monoisotopic (exact) mass is 253 g/mol. The summed E-state index contributed by atoms with van der Waals surface area (Å²) in [5.41, 5.74) is 0.912. The number of amides is 1. The highest BCUT2D eigenvalue weighted by Crippen LogP contribution is 2.22. The summed E-state index contributed by atoms with van der Waals surface area (Å²) < 4.78 is 1.16. The van der Waals surface area contributed by atoms with E-state index in [9.17, 15) is 4.79 Å². The van der Waals surface area contributed by atoms with Crippen molar-refractivity contribution in [2.45, 2.75) is 10.8 Å². The highest BCUT2D eigenvalue weighted by Gasteiger charge is 2.03. The molecular weight excluding hydrogens is 242 g/mol. The summed E-state index contributed by atoms with van der Waals surface area (Å²) in [6, 6.07) is 5.83. The van der Waals surface area contributed by atoms with Gasteiger partial charge < -0.3 is 5.32 Å². The van der Waals surface area contributed by atoms with Crippen LogP contribution in [0.5, 0.6) is 0 Å². The summed E-state index contributed by atoms with van der Waals surface area (Å²) in [5.74, 6) is 0.488. The molecule has 0 aliphatic carbocycles. The van der Waals surface area contributed by atoms with Crippen LogP contribution in [0, 0.1) is 0 Å². The van der Waals surface area contributed by atoms with Gasteiger partial charge in [0, 0.05) is 6.20 Å². The molecule has 0 atom stereocenters. The Morgan fingerprint density at radius 1 is 1.56 bits per heavy atom. The van der Waals surface area contributed by atoms with E-state index >= 15 is 0 Å². The van der Waals surface area contributed by atoms with Crippen LogP contribution in [0.3, 0.4) is 0 Å². The summed E-state index contributed by atoms with van der Waals surface area (Å²) in [7, 11) is 0. The minimum absolute atomic E-state index is 0.0352. The molecule has 16 heavy (non-hydrogen) atoms. The Bertz CT molecular complexity index is 385. The first-order valence-corrected chi connectivity index (χ1v) is 6.62. The summed E-state index contributed by atoms with van der Waals surface area (Å²) in [4.78, 5) is 11.5. The molecule has 0 aliphatic rings. The predicted octanol–water partition coefficient (Wildman–Crippen LogP) is 1.88. The van der Waals surface area contributed by atoms with Crippen LogP contribution in [0.1, 0.15) is 5.69 Å². The van der Waals surface area contributed by atoms with Gasteiger partial charge in [0.05, 0.1) is 22.2 Å². The number of thioether (sulfide) groups is 1. The van der Waals surface area contributed by atoms with Crippen molar-refractivity contribution in [1.29, 1.82) is 0 Å². The van der Waals surface area contributed by atoms with E-state index in [4.69, 9.17) is 0 Å². The minimum atomic E-state index is 0.0352. The molecule has 4 nitrogen and oxygen atoms in total. The van der Waals surface area contributed by atoms with Gasteiger partial charge in [0.15, 0.2) is 0 Å². The standard InChI is InChI=1S/C10H11N3OS2/c14-9(7-16-10-2-1-5-15-10)11-6-8-3-4-12-13-8/h1-5H,6-7H2,(H,11,14)(H,12,13). The van der Waals surface area contributed by atoms with Crippen molar-refractivity contribution in [3.8, 4) is 0 Å². The Labute approximate surface area is 101 Å². The second-order valence-electron chi connectivity index (χ2n) is 3.08. The Kier molecular flexibility index (Phi) is 4.01. The number of aromatic amines is 1. The molecule has 84 valence electrons. The van der Waals surface area contributed by atoms with E-state index in [0.29, 0.717) is 12.3 Å². The van der Waals surface area contributed by atoms with Gasteiger partial charge in [-0.05, 0) is 17.5 Å². The van der Waals surface area contributed by atoms with Gasteiger partial charge >= 0.3 is 0 Å². The van der Waals surface area contributed by atoms with E-state index < -0.39 is 0 Å². The second-order valence-corrected chi connectivity index (χ2v) is 5.30. The zero-order valence-electron chi connectivity index (χ0n) is 8.47. The Balaban J connectivity index is 1.69. The maximum absolute atomic E-state index is 11.5. The molecule has 0 aliphatic heterocycles. The van der Waals surface area contributed by atoms with Gasteiger partial charge in [-0.25, -0.2) is 0 Å². The van der Waals surface area contributed by atoms with Crippen LogP contribution in [-0.2, 0) is 11.3 Å². The number of H-pyrrole nitrogens is 1. The number of thiophene rings is 1. The van der Waals surface area contributed by atoms with Gasteiger partial charge in [0.25, 0.3) is 0 Å². The summed E-state index contributed by atoms with van der Waals surface area (Å²) in [6.45, 7) is 0.504. The molecule has 6 heteroatoms. The first-order chi connectivity index (χ1) is 7.84. The fourth-order valence-electron chi connectivity index (χ4n) is 1.11. The van der Waals surface area contributed by atoms with Crippen LogP contribution in [0.15, 0.2) is 34.0 Å². The second kappa shape index (κ2) is 5.72. The highest BCUT2D eigenvalue weighted by atomic mass is 32.2. The van der Waals surface area contributed by atoms with Gasteiger partial charge in [-0.3, -0.25) is 9.89 Å². The van der Waals surface area contributed by atoms with Crippen LogP contribution in [0.4, 0.5) is 0 Å². The number of hydrogen-bond acceptors (Lipinski definition) is 4. The van der Waals surface area contributed by atoms with Crippen LogP contribution in [-0.4, -0.2) is 21.9 Å². The van der Waals surface area contributed by atoms with Gasteiger partial charge in [-0.15, -0.1) is 23.1 Å². The molecule has 2 N–H and O–H groups in total. The normalized spacial score (nSPS) is 10.2. The third kappa shape index (κ3) is 3.39. The summed E-state index contributed by atoms with van der Waals surface area (Å²) in [6.07, 6.45) is 1.67. The molecular formula is C10H11N3OS2. The van der Waals surface area contributed by atoms with Crippen molar-refractivity contribution in [2.24, 2.45) is 0 Å². The first-order valence-electron chi connectivity index (χ1n) is 4.76. The lowest BCUT2D eigenvalue weighted by atomic mass is 10.4. The lowest BCUT2D eigenvalue weighted by Gasteiger charge is -2.02. The lowest BCUT2D eigenvalue weighted by Crippen LogP contribution is -2.24. The highest BCUT2D eigenvalue weighted by molar-refractivity contribution is 8.01. The Hall–Kier alpha value is -1.27. The van der Waals surface area contributed by atoms with Crippen molar-refractivity contribution < 1.29 is 4.79 Å². The first kappa shape index (κ1) is 11.2. The molecule has 0 fully saturated rings. The third-order valence-corrected chi connectivity index (χ3v) is 4.01. The smallest absolute Gasteiger partial charge is 0.230 e. The molecule has 0 aromatic carbocycles. The zero-order chi connectivity index (χ0) is 11.2. The molecule has 2 aromatic rings. The maximum Gasteiger partial charge on any atom is 0.230 e. The molecule has 0 spiro atoms. The van der Waals surface area contributed by atoms with Crippen LogP contribution >= 0.6 is 23.1 Å².